The van der Waals surface area contributed by atoms with Crippen molar-refractivity contribution in [2.45, 2.75) is 39.0 Å². The topological polar surface area (TPSA) is 70.9 Å². The number of nitrogens with zero attached hydrogens (tertiary/aromatic N) is 1. The molecule has 0 radical (unpaired) electrons. The number of aliphatic imine (C=N–C) groups is 1. The molecule has 2 aromatic carbocycles. The number of carbonyl (C=O) groups excluding carboxylic acids is 1. The number of phenolic OH excluding ortho intramolecular Hbond substituents is 1. The molecule has 0 bridgehead atoms. The van der Waals surface area contributed by atoms with Crippen molar-refractivity contribution in [2.75, 3.05) is 13.6 Å². The molecule has 1 amide bonds. The zero-order valence-electron chi connectivity index (χ0n) is 17.7. The molecule has 0 aliphatic rings. The summed E-state index contributed by atoms with van der Waals surface area (Å²) in [6, 6.07) is 10.2. The van der Waals surface area contributed by atoms with E-state index in [1.54, 1.807) is 24.3 Å². The molecule has 5 nitrogen and oxygen atoms in total. The van der Waals surface area contributed by atoms with Crippen molar-refractivity contribution in [3.05, 3.63) is 59.2 Å². The van der Waals surface area contributed by atoms with Gasteiger partial charge in [-0.2, -0.15) is 13.2 Å². The number of hydrogen-bond acceptors (Lipinski definition) is 4. The van der Waals surface area contributed by atoms with Crippen LogP contribution in [0.4, 0.5) is 13.2 Å². The molecular weight excluding hydrogens is 409 g/mol. The smallest absolute Gasteiger partial charge is 0.417 e. The summed E-state index contributed by atoms with van der Waals surface area (Å²) in [6.07, 6.45) is -3.47. The molecule has 0 saturated carbocycles. The van der Waals surface area contributed by atoms with Crippen LogP contribution in [0.1, 0.15) is 37.0 Å². The number of alkyl halides is 3. The molecule has 168 valence electrons. The number of carbonyl (C=O) groups is 1. The summed E-state index contributed by atoms with van der Waals surface area (Å²) in [5, 5.41) is 12.1. The average Bonchev–Trinajstić information content (AvgIpc) is 2.69. The van der Waals surface area contributed by atoms with Crippen LogP contribution in [0.15, 0.2) is 47.5 Å². The fraction of sp³-hybridized carbons (Fsp3) is 0.391. The largest absolute Gasteiger partial charge is 0.508 e. The standard InChI is InChI=1S/C23H27F3N2O3/c1-15(2)12-21(22(30)28-11-10-16-4-7-18(29)8-5-16)31-19-9-6-17(14-27-3)20(13-19)23(24,25)26/h4-9,13-15,21,29H,10-12H2,1-3H3,(H,28,30). The molecule has 0 spiro atoms. The third kappa shape index (κ3) is 7.62. The Kier molecular flexibility index (Phi) is 8.47. The van der Waals surface area contributed by atoms with Gasteiger partial charge in [-0.05, 0) is 54.7 Å². The summed E-state index contributed by atoms with van der Waals surface area (Å²) in [4.78, 5) is 16.3. The Morgan fingerprint density at radius 1 is 1.19 bits per heavy atom. The summed E-state index contributed by atoms with van der Waals surface area (Å²) in [7, 11) is 1.39. The van der Waals surface area contributed by atoms with Crippen molar-refractivity contribution < 1.29 is 27.8 Å². The summed E-state index contributed by atoms with van der Waals surface area (Å²) >= 11 is 0. The lowest BCUT2D eigenvalue weighted by atomic mass is 10.0. The summed E-state index contributed by atoms with van der Waals surface area (Å²) in [5.41, 5.74) is -0.00447. The highest BCUT2D eigenvalue weighted by Crippen LogP contribution is 2.34. The van der Waals surface area contributed by atoms with Gasteiger partial charge in [0.15, 0.2) is 6.10 Å². The van der Waals surface area contributed by atoms with Crippen molar-refractivity contribution >= 4 is 12.1 Å². The van der Waals surface area contributed by atoms with Crippen LogP contribution < -0.4 is 10.1 Å². The SMILES string of the molecule is CN=Cc1ccc(OC(CC(C)C)C(=O)NCCc2ccc(O)cc2)cc1C(F)(F)F. The highest BCUT2D eigenvalue weighted by molar-refractivity contribution is 5.83. The predicted molar refractivity (Wildman–Crippen MR) is 114 cm³/mol. The molecule has 31 heavy (non-hydrogen) atoms. The first-order valence-corrected chi connectivity index (χ1v) is 9.95. The Balaban J connectivity index is 2.11. The van der Waals surface area contributed by atoms with Crippen molar-refractivity contribution in [1.82, 2.24) is 5.32 Å². The molecule has 1 unspecified atom stereocenters. The van der Waals surface area contributed by atoms with Gasteiger partial charge in [0.2, 0.25) is 0 Å². The van der Waals surface area contributed by atoms with Gasteiger partial charge in [-0.1, -0.05) is 26.0 Å². The fourth-order valence-electron chi connectivity index (χ4n) is 3.01. The highest BCUT2D eigenvalue weighted by Gasteiger charge is 2.34. The monoisotopic (exact) mass is 436 g/mol. The number of phenols is 1. The van der Waals surface area contributed by atoms with Gasteiger partial charge in [0, 0.05) is 25.4 Å². The second-order valence-electron chi connectivity index (χ2n) is 7.58. The molecule has 0 aliphatic carbocycles. The quantitative estimate of drug-likeness (QED) is 0.564. The maximum absolute atomic E-state index is 13.4. The van der Waals surface area contributed by atoms with Gasteiger partial charge in [0.05, 0.1) is 5.56 Å². The molecule has 0 aliphatic heterocycles. The molecule has 0 heterocycles. The first kappa shape index (κ1) is 24.2. The van der Waals surface area contributed by atoms with Crippen LogP contribution in [0.3, 0.4) is 0 Å². The number of benzene rings is 2. The lowest BCUT2D eigenvalue weighted by molar-refractivity contribution is -0.137. The molecule has 8 heteroatoms. The number of amides is 1. The van der Waals surface area contributed by atoms with Gasteiger partial charge >= 0.3 is 6.18 Å². The van der Waals surface area contributed by atoms with Crippen molar-refractivity contribution in [1.29, 1.82) is 0 Å². The van der Waals surface area contributed by atoms with Crippen LogP contribution >= 0.6 is 0 Å². The van der Waals surface area contributed by atoms with E-state index >= 15 is 0 Å². The number of rotatable bonds is 9. The van der Waals surface area contributed by atoms with Crippen molar-refractivity contribution in [3.8, 4) is 11.5 Å². The van der Waals surface area contributed by atoms with Crippen LogP contribution in [0.2, 0.25) is 0 Å². The molecule has 0 aromatic heterocycles. The first-order chi connectivity index (χ1) is 14.6. The minimum absolute atomic E-state index is 0.0279. The lowest BCUT2D eigenvalue weighted by Crippen LogP contribution is -2.40. The molecular formula is C23H27F3N2O3. The molecule has 0 fully saturated rings. The van der Waals surface area contributed by atoms with Crippen LogP contribution in [-0.2, 0) is 17.4 Å². The highest BCUT2D eigenvalue weighted by atomic mass is 19.4. The van der Waals surface area contributed by atoms with E-state index in [0.717, 1.165) is 17.8 Å². The van der Waals surface area contributed by atoms with Crippen LogP contribution in [0.5, 0.6) is 11.5 Å². The average molecular weight is 436 g/mol. The molecule has 2 N–H and O–H groups in total. The maximum atomic E-state index is 13.4. The van der Waals surface area contributed by atoms with Crippen molar-refractivity contribution in [2.24, 2.45) is 10.9 Å². The van der Waals surface area contributed by atoms with Crippen LogP contribution in [-0.4, -0.2) is 36.9 Å². The third-order valence-corrected chi connectivity index (χ3v) is 4.50. The van der Waals surface area contributed by atoms with Gasteiger partial charge in [0.25, 0.3) is 5.91 Å². The van der Waals surface area contributed by atoms with E-state index in [9.17, 15) is 23.1 Å². The van der Waals surface area contributed by atoms with E-state index in [2.05, 4.69) is 10.3 Å². The Bertz CT molecular complexity index is 894. The van der Waals surface area contributed by atoms with E-state index in [0.29, 0.717) is 19.4 Å². The number of aromatic hydroxyl groups is 1. The predicted octanol–water partition coefficient (Wildman–Crippen LogP) is 4.61. The normalized spacial score (nSPS) is 12.9. The summed E-state index contributed by atoms with van der Waals surface area (Å²) in [6.45, 7) is 4.14. The van der Waals surface area contributed by atoms with Gasteiger partial charge < -0.3 is 15.2 Å². The summed E-state index contributed by atoms with van der Waals surface area (Å²) < 4.78 is 45.9. The Labute approximate surface area is 180 Å². The summed E-state index contributed by atoms with van der Waals surface area (Å²) in [5.74, 6) is -0.158. The lowest BCUT2D eigenvalue weighted by Gasteiger charge is -2.21. The van der Waals surface area contributed by atoms with E-state index in [-0.39, 0.29) is 28.9 Å². The van der Waals surface area contributed by atoms with Crippen LogP contribution in [0, 0.1) is 5.92 Å². The maximum Gasteiger partial charge on any atom is 0.417 e. The first-order valence-electron chi connectivity index (χ1n) is 9.95. The fourth-order valence-corrected chi connectivity index (χ4v) is 3.01. The van der Waals surface area contributed by atoms with E-state index in [1.165, 1.54) is 19.2 Å². The van der Waals surface area contributed by atoms with Crippen LogP contribution in [0.25, 0.3) is 0 Å². The number of halogens is 3. The van der Waals surface area contributed by atoms with E-state index in [4.69, 9.17) is 4.74 Å². The molecule has 1 atom stereocenters. The van der Waals surface area contributed by atoms with E-state index < -0.39 is 17.8 Å². The zero-order chi connectivity index (χ0) is 23.0. The molecule has 2 rings (SSSR count). The zero-order valence-corrected chi connectivity index (χ0v) is 17.7. The minimum atomic E-state index is -4.57. The van der Waals surface area contributed by atoms with Crippen molar-refractivity contribution in [3.63, 3.8) is 0 Å². The van der Waals surface area contributed by atoms with Gasteiger partial charge in [-0.3, -0.25) is 9.79 Å². The van der Waals surface area contributed by atoms with Gasteiger partial charge in [-0.25, -0.2) is 0 Å². The molecule has 2 aromatic rings. The van der Waals surface area contributed by atoms with Gasteiger partial charge in [-0.15, -0.1) is 0 Å². The van der Waals surface area contributed by atoms with E-state index in [1.807, 2.05) is 13.8 Å². The van der Waals surface area contributed by atoms with Gasteiger partial charge in [0.1, 0.15) is 11.5 Å². The third-order valence-electron chi connectivity index (χ3n) is 4.50. The molecule has 0 saturated heterocycles. The Hall–Kier alpha value is -3.03. The minimum Gasteiger partial charge on any atom is -0.508 e. The second kappa shape index (κ2) is 10.8. The Morgan fingerprint density at radius 2 is 1.87 bits per heavy atom. The number of nitrogens with one attached hydrogen (secondary N) is 1. The number of hydrogen-bond donors (Lipinski definition) is 2. The second-order valence-corrected chi connectivity index (χ2v) is 7.58. The number of ether oxygens (including phenoxy) is 1. The Morgan fingerprint density at radius 3 is 2.45 bits per heavy atom.